The molecule has 5 nitrogen and oxygen atoms in total. The van der Waals surface area contributed by atoms with Crippen LogP contribution in [0.2, 0.25) is 0 Å². The van der Waals surface area contributed by atoms with E-state index in [9.17, 15) is 9.59 Å². The van der Waals surface area contributed by atoms with Gasteiger partial charge in [-0.05, 0) is 30.0 Å². The molecule has 0 aromatic heterocycles. The molecule has 1 rings (SSSR count). The molecule has 0 unspecified atom stereocenters. The van der Waals surface area contributed by atoms with Crippen molar-refractivity contribution >= 4 is 17.7 Å². The van der Waals surface area contributed by atoms with E-state index in [0.717, 1.165) is 16.8 Å². The number of urea groups is 1. The number of rotatable bonds is 5. The Bertz CT molecular complexity index is 470. The standard InChI is InChI=1S/C14H20N2O3/c1-9(2)11-5-4-10(3)12(8-11)16-14(19)15-7-6-13(17)18/h4-5,8-9H,6-7H2,1-3H3,(H,17,18)(H2,15,16,19). The van der Waals surface area contributed by atoms with Crippen LogP contribution in [0.15, 0.2) is 18.2 Å². The van der Waals surface area contributed by atoms with E-state index >= 15 is 0 Å². The van der Waals surface area contributed by atoms with E-state index in [0.29, 0.717) is 5.92 Å². The fraction of sp³-hybridized carbons (Fsp3) is 0.429. The molecule has 0 bridgehead atoms. The minimum absolute atomic E-state index is 0.0849. The lowest BCUT2D eigenvalue weighted by Crippen LogP contribution is -2.30. The number of aryl methyl sites for hydroxylation is 1. The van der Waals surface area contributed by atoms with Crippen molar-refractivity contribution in [2.24, 2.45) is 0 Å². The van der Waals surface area contributed by atoms with Crippen LogP contribution in [-0.2, 0) is 4.79 Å². The monoisotopic (exact) mass is 264 g/mol. The van der Waals surface area contributed by atoms with E-state index in [1.54, 1.807) is 0 Å². The summed E-state index contributed by atoms with van der Waals surface area (Å²) in [5.41, 5.74) is 2.86. The lowest BCUT2D eigenvalue weighted by molar-refractivity contribution is -0.136. The molecule has 1 aromatic carbocycles. The maximum absolute atomic E-state index is 11.6. The first-order chi connectivity index (χ1) is 8.90. The van der Waals surface area contributed by atoms with Gasteiger partial charge in [-0.3, -0.25) is 4.79 Å². The second-order valence-corrected chi connectivity index (χ2v) is 4.75. The van der Waals surface area contributed by atoms with E-state index in [-0.39, 0.29) is 19.0 Å². The molecule has 0 atom stereocenters. The van der Waals surface area contributed by atoms with Crippen LogP contribution in [0.25, 0.3) is 0 Å². The van der Waals surface area contributed by atoms with Crippen molar-refractivity contribution in [1.82, 2.24) is 5.32 Å². The summed E-state index contributed by atoms with van der Waals surface area (Å²) < 4.78 is 0. The highest BCUT2D eigenvalue weighted by molar-refractivity contribution is 5.90. The summed E-state index contributed by atoms with van der Waals surface area (Å²) >= 11 is 0. The molecule has 19 heavy (non-hydrogen) atoms. The Labute approximate surface area is 113 Å². The molecular formula is C14H20N2O3. The van der Waals surface area contributed by atoms with Gasteiger partial charge in [0.15, 0.2) is 0 Å². The third-order valence-electron chi connectivity index (χ3n) is 2.80. The Hall–Kier alpha value is -2.04. The third kappa shape index (κ3) is 4.99. The second-order valence-electron chi connectivity index (χ2n) is 4.75. The molecule has 0 fully saturated rings. The largest absolute Gasteiger partial charge is 0.481 e. The van der Waals surface area contributed by atoms with Crippen molar-refractivity contribution in [2.75, 3.05) is 11.9 Å². The molecule has 0 spiro atoms. The molecule has 5 heteroatoms. The van der Waals surface area contributed by atoms with Crippen molar-refractivity contribution in [1.29, 1.82) is 0 Å². The number of aliphatic carboxylic acids is 1. The van der Waals surface area contributed by atoms with Crippen molar-refractivity contribution in [2.45, 2.75) is 33.1 Å². The van der Waals surface area contributed by atoms with Gasteiger partial charge < -0.3 is 15.7 Å². The topological polar surface area (TPSA) is 78.4 Å². The lowest BCUT2D eigenvalue weighted by Gasteiger charge is -2.13. The fourth-order valence-corrected chi connectivity index (χ4v) is 1.58. The summed E-state index contributed by atoms with van der Waals surface area (Å²) in [7, 11) is 0. The molecule has 2 amide bonds. The van der Waals surface area contributed by atoms with E-state index < -0.39 is 5.97 Å². The molecule has 0 radical (unpaired) electrons. The quantitative estimate of drug-likeness (QED) is 0.765. The zero-order chi connectivity index (χ0) is 14.4. The van der Waals surface area contributed by atoms with E-state index in [2.05, 4.69) is 24.5 Å². The smallest absolute Gasteiger partial charge is 0.319 e. The van der Waals surface area contributed by atoms with Gasteiger partial charge in [-0.1, -0.05) is 26.0 Å². The van der Waals surface area contributed by atoms with Gasteiger partial charge in [-0.15, -0.1) is 0 Å². The molecular weight excluding hydrogens is 244 g/mol. The highest BCUT2D eigenvalue weighted by Crippen LogP contribution is 2.22. The number of amides is 2. The number of anilines is 1. The van der Waals surface area contributed by atoms with Gasteiger partial charge in [0.2, 0.25) is 0 Å². The first-order valence-electron chi connectivity index (χ1n) is 6.27. The highest BCUT2D eigenvalue weighted by atomic mass is 16.4. The van der Waals surface area contributed by atoms with Gasteiger partial charge in [-0.2, -0.15) is 0 Å². The average Bonchev–Trinajstić information content (AvgIpc) is 2.31. The minimum atomic E-state index is -0.932. The maximum Gasteiger partial charge on any atom is 0.319 e. The van der Waals surface area contributed by atoms with E-state index in [1.165, 1.54) is 0 Å². The third-order valence-corrected chi connectivity index (χ3v) is 2.80. The van der Waals surface area contributed by atoms with Gasteiger partial charge in [0, 0.05) is 12.2 Å². The number of carboxylic acids is 1. The molecule has 0 aliphatic heterocycles. The summed E-state index contributed by atoms with van der Waals surface area (Å²) in [6.07, 6.45) is -0.0849. The van der Waals surface area contributed by atoms with Crippen LogP contribution < -0.4 is 10.6 Å². The number of hydrogen-bond acceptors (Lipinski definition) is 2. The van der Waals surface area contributed by atoms with Gasteiger partial charge in [0.05, 0.1) is 6.42 Å². The summed E-state index contributed by atoms with van der Waals surface area (Å²) in [5.74, 6) is -0.547. The van der Waals surface area contributed by atoms with Gasteiger partial charge in [-0.25, -0.2) is 4.79 Å². The predicted octanol–water partition coefficient (Wildman–Crippen LogP) is 2.71. The Kier molecular flexibility index (Phi) is 5.36. The van der Waals surface area contributed by atoms with Crippen molar-refractivity contribution < 1.29 is 14.7 Å². The lowest BCUT2D eigenvalue weighted by atomic mass is 10.0. The van der Waals surface area contributed by atoms with E-state index in [4.69, 9.17) is 5.11 Å². The Morgan fingerprint density at radius 3 is 2.58 bits per heavy atom. The molecule has 1 aromatic rings. The Morgan fingerprint density at radius 2 is 2.00 bits per heavy atom. The van der Waals surface area contributed by atoms with Crippen LogP contribution in [0.3, 0.4) is 0 Å². The highest BCUT2D eigenvalue weighted by Gasteiger charge is 2.07. The van der Waals surface area contributed by atoms with Gasteiger partial charge in [0.1, 0.15) is 0 Å². The van der Waals surface area contributed by atoms with Crippen molar-refractivity contribution in [3.63, 3.8) is 0 Å². The summed E-state index contributed by atoms with van der Waals surface area (Å²) in [4.78, 5) is 22.0. The molecule has 0 aliphatic rings. The number of benzene rings is 1. The molecule has 0 heterocycles. The predicted molar refractivity (Wildman–Crippen MR) is 74.5 cm³/mol. The number of carbonyl (C=O) groups is 2. The van der Waals surface area contributed by atoms with Crippen molar-refractivity contribution in [3.8, 4) is 0 Å². The number of carboxylic acid groups (broad SMARTS) is 1. The number of nitrogens with one attached hydrogen (secondary N) is 2. The Morgan fingerprint density at radius 1 is 1.32 bits per heavy atom. The average molecular weight is 264 g/mol. The summed E-state index contributed by atoms with van der Waals surface area (Å²) in [6.45, 7) is 6.20. The second kappa shape index (κ2) is 6.78. The summed E-state index contributed by atoms with van der Waals surface area (Å²) in [5, 5.41) is 13.7. The normalized spacial score (nSPS) is 10.3. The first-order valence-corrected chi connectivity index (χ1v) is 6.27. The SMILES string of the molecule is Cc1ccc(C(C)C)cc1NC(=O)NCCC(=O)O. The van der Waals surface area contributed by atoms with Gasteiger partial charge >= 0.3 is 12.0 Å². The van der Waals surface area contributed by atoms with E-state index in [1.807, 2.05) is 25.1 Å². The number of carbonyl (C=O) groups excluding carboxylic acids is 1. The number of hydrogen-bond donors (Lipinski definition) is 3. The molecule has 0 saturated carbocycles. The Balaban J connectivity index is 2.63. The molecule has 0 saturated heterocycles. The van der Waals surface area contributed by atoms with Crippen LogP contribution >= 0.6 is 0 Å². The zero-order valence-electron chi connectivity index (χ0n) is 11.5. The maximum atomic E-state index is 11.6. The summed E-state index contributed by atoms with van der Waals surface area (Å²) in [6, 6.07) is 5.55. The van der Waals surface area contributed by atoms with Crippen LogP contribution in [0, 0.1) is 6.92 Å². The zero-order valence-corrected chi connectivity index (χ0v) is 11.5. The molecule has 0 aliphatic carbocycles. The van der Waals surface area contributed by atoms with Gasteiger partial charge in [0.25, 0.3) is 0 Å². The van der Waals surface area contributed by atoms with Crippen LogP contribution in [0.4, 0.5) is 10.5 Å². The van der Waals surface area contributed by atoms with Crippen LogP contribution in [0.5, 0.6) is 0 Å². The molecule has 3 N–H and O–H groups in total. The first kappa shape index (κ1) is 15.0. The molecule has 104 valence electrons. The van der Waals surface area contributed by atoms with Crippen LogP contribution in [-0.4, -0.2) is 23.7 Å². The van der Waals surface area contributed by atoms with Crippen molar-refractivity contribution in [3.05, 3.63) is 29.3 Å². The fourth-order valence-electron chi connectivity index (χ4n) is 1.58. The minimum Gasteiger partial charge on any atom is -0.481 e. The van der Waals surface area contributed by atoms with Crippen LogP contribution in [0.1, 0.15) is 37.3 Å².